The first-order chi connectivity index (χ1) is 16.7. The van der Waals surface area contributed by atoms with Crippen molar-refractivity contribution < 1.29 is 19.5 Å². The summed E-state index contributed by atoms with van der Waals surface area (Å²) in [5.41, 5.74) is 1.79. The Morgan fingerprint density at radius 2 is 1.43 bits per heavy atom. The summed E-state index contributed by atoms with van der Waals surface area (Å²) in [5.74, 6) is -1.47. The second-order valence-electron chi connectivity index (χ2n) is 9.55. The third-order valence-electron chi connectivity index (χ3n) is 6.58. The first-order valence-electron chi connectivity index (χ1n) is 11.7. The molecule has 0 fully saturated rings. The van der Waals surface area contributed by atoms with Crippen molar-refractivity contribution in [2.45, 2.75) is 33.6 Å². The fourth-order valence-electron chi connectivity index (χ4n) is 5.00. The molecular formula is C29H28N2O4. The molecule has 6 nitrogen and oxygen atoms in total. The molecule has 4 aromatic rings. The molecule has 0 spiro atoms. The molecule has 178 valence electrons. The van der Waals surface area contributed by atoms with Crippen LogP contribution in [0.3, 0.4) is 0 Å². The van der Waals surface area contributed by atoms with Crippen LogP contribution in [0.2, 0.25) is 0 Å². The fourth-order valence-corrected chi connectivity index (χ4v) is 5.00. The summed E-state index contributed by atoms with van der Waals surface area (Å²) < 4.78 is 0. The van der Waals surface area contributed by atoms with E-state index in [1.54, 1.807) is 0 Å². The Hall–Kier alpha value is -3.93. The van der Waals surface area contributed by atoms with Crippen LogP contribution in [0.1, 0.15) is 59.9 Å². The first kappa shape index (κ1) is 24.2. The number of carboxylic acid groups (broad SMARTS) is 1. The highest BCUT2D eigenvalue weighted by Gasteiger charge is 2.44. The number of rotatable bonds is 3. The van der Waals surface area contributed by atoms with Crippen molar-refractivity contribution in [1.82, 2.24) is 9.97 Å². The van der Waals surface area contributed by atoms with Crippen LogP contribution in [-0.4, -0.2) is 32.6 Å². The second kappa shape index (κ2) is 9.74. The molecule has 1 aliphatic carbocycles. The number of benzene rings is 3. The number of hydrogen-bond acceptors (Lipinski definition) is 5. The zero-order valence-corrected chi connectivity index (χ0v) is 20.2. The minimum atomic E-state index is -1.00. The lowest BCUT2D eigenvalue weighted by Crippen LogP contribution is -2.40. The normalized spacial score (nSPS) is 17.4. The quantitative estimate of drug-likeness (QED) is 0.295. The van der Waals surface area contributed by atoms with Crippen LogP contribution in [0.15, 0.2) is 67.3 Å². The van der Waals surface area contributed by atoms with Crippen molar-refractivity contribution in [3.8, 4) is 0 Å². The van der Waals surface area contributed by atoms with E-state index in [9.17, 15) is 14.4 Å². The number of hydrogen-bond donors (Lipinski definition) is 1. The van der Waals surface area contributed by atoms with Gasteiger partial charge in [0, 0.05) is 23.9 Å². The van der Waals surface area contributed by atoms with E-state index in [1.807, 2.05) is 32.0 Å². The van der Waals surface area contributed by atoms with Gasteiger partial charge in [-0.2, -0.15) is 0 Å². The molecule has 1 N–H and O–H groups in total. The maximum absolute atomic E-state index is 13.4. The van der Waals surface area contributed by atoms with Gasteiger partial charge in [0.05, 0.1) is 11.5 Å². The van der Waals surface area contributed by atoms with E-state index in [1.165, 1.54) is 24.1 Å². The number of ketones is 2. The maximum atomic E-state index is 13.4. The Labute approximate surface area is 204 Å². The van der Waals surface area contributed by atoms with Gasteiger partial charge in [0.15, 0.2) is 11.6 Å². The van der Waals surface area contributed by atoms with Crippen LogP contribution in [0.25, 0.3) is 21.5 Å². The SMILES string of the molecule is CC(C)C1C(=O)c2c(ccc3c2ccc2ccccc23)C(C(C)C)C1=O.O=C(O)c1cncnc1. The summed E-state index contributed by atoms with van der Waals surface area (Å²) in [7, 11) is 0. The van der Waals surface area contributed by atoms with E-state index in [-0.39, 0.29) is 34.9 Å². The summed E-state index contributed by atoms with van der Waals surface area (Å²) in [6.07, 6.45) is 3.77. The number of carbonyl (C=O) groups excluding carboxylic acids is 2. The standard InChI is InChI=1S/C24H24O2.C5H4N2O2/c1-13(2)20-19-12-11-17-16-8-6-5-7-15(16)9-10-18(17)22(19)24(26)21(14(3)4)23(20)25;8-5(9)4-1-6-3-7-2-4/h5-14,20-21H,1-4H3;1-3H,(H,8,9). The third-order valence-corrected chi connectivity index (χ3v) is 6.58. The Kier molecular flexibility index (Phi) is 6.74. The van der Waals surface area contributed by atoms with Gasteiger partial charge < -0.3 is 5.11 Å². The molecule has 2 atom stereocenters. The number of nitrogens with zero attached hydrogens (tertiary/aromatic N) is 2. The molecule has 0 saturated carbocycles. The molecule has 3 aromatic carbocycles. The Balaban J connectivity index is 0.000000271. The van der Waals surface area contributed by atoms with E-state index < -0.39 is 11.9 Å². The minimum Gasteiger partial charge on any atom is -0.478 e. The van der Waals surface area contributed by atoms with E-state index in [0.717, 1.165) is 27.3 Å². The zero-order chi connectivity index (χ0) is 25.3. The highest BCUT2D eigenvalue weighted by atomic mass is 16.4. The summed E-state index contributed by atoms with van der Waals surface area (Å²) in [6.45, 7) is 8.10. The van der Waals surface area contributed by atoms with Gasteiger partial charge in [-0.1, -0.05) is 76.2 Å². The molecule has 0 amide bonds. The molecule has 1 heterocycles. The van der Waals surface area contributed by atoms with E-state index in [2.05, 4.69) is 54.1 Å². The van der Waals surface area contributed by atoms with Crippen LogP contribution in [0.4, 0.5) is 0 Å². The molecule has 35 heavy (non-hydrogen) atoms. The summed E-state index contributed by atoms with van der Waals surface area (Å²) in [4.78, 5) is 43.6. The van der Waals surface area contributed by atoms with E-state index in [0.29, 0.717) is 0 Å². The van der Waals surface area contributed by atoms with Gasteiger partial charge in [0.2, 0.25) is 0 Å². The lowest BCUT2D eigenvalue weighted by atomic mass is 9.66. The number of aromatic nitrogens is 2. The summed E-state index contributed by atoms with van der Waals surface area (Å²) >= 11 is 0. The summed E-state index contributed by atoms with van der Waals surface area (Å²) in [5, 5.41) is 12.7. The lowest BCUT2D eigenvalue weighted by Gasteiger charge is -2.34. The van der Waals surface area contributed by atoms with Crippen LogP contribution >= 0.6 is 0 Å². The van der Waals surface area contributed by atoms with Crippen LogP contribution < -0.4 is 0 Å². The predicted molar refractivity (Wildman–Crippen MR) is 136 cm³/mol. The molecule has 2 unspecified atom stereocenters. The van der Waals surface area contributed by atoms with Crippen molar-refractivity contribution in [2.75, 3.05) is 0 Å². The predicted octanol–water partition coefficient (Wildman–Crippen LogP) is 5.95. The molecule has 0 bridgehead atoms. The number of carbonyl (C=O) groups is 3. The van der Waals surface area contributed by atoms with Crippen molar-refractivity contribution in [2.24, 2.45) is 17.8 Å². The van der Waals surface area contributed by atoms with Crippen molar-refractivity contribution in [3.63, 3.8) is 0 Å². The fraction of sp³-hybridized carbons (Fsp3) is 0.276. The smallest absolute Gasteiger partial charge is 0.338 e. The van der Waals surface area contributed by atoms with Gasteiger partial charge in [0.25, 0.3) is 0 Å². The van der Waals surface area contributed by atoms with Gasteiger partial charge in [-0.25, -0.2) is 14.8 Å². The van der Waals surface area contributed by atoms with Crippen molar-refractivity contribution in [3.05, 3.63) is 83.9 Å². The van der Waals surface area contributed by atoms with Crippen LogP contribution in [0.5, 0.6) is 0 Å². The molecule has 6 heteroatoms. The van der Waals surface area contributed by atoms with E-state index >= 15 is 0 Å². The number of Topliss-reactive ketones (excluding diaryl/α,β-unsaturated/α-hetero) is 2. The van der Waals surface area contributed by atoms with Gasteiger partial charge in [-0.3, -0.25) is 9.59 Å². The number of carboxylic acids is 1. The summed E-state index contributed by atoms with van der Waals surface area (Å²) in [6, 6.07) is 16.5. The Bertz CT molecular complexity index is 1430. The zero-order valence-electron chi connectivity index (χ0n) is 20.2. The average Bonchev–Trinajstić information content (AvgIpc) is 2.84. The van der Waals surface area contributed by atoms with E-state index in [4.69, 9.17) is 5.11 Å². The second-order valence-corrected chi connectivity index (χ2v) is 9.55. The topological polar surface area (TPSA) is 97.2 Å². The Morgan fingerprint density at radius 1 is 0.800 bits per heavy atom. The largest absolute Gasteiger partial charge is 0.478 e. The molecular weight excluding hydrogens is 440 g/mol. The molecule has 5 rings (SSSR count). The minimum absolute atomic E-state index is 0.00205. The Morgan fingerprint density at radius 3 is 2.03 bits per heavy atom. The number of fused-ring (bicyclic) bond motifs is 5. The lowest BCUT2D eigenvalue weighted by molar-refractivity contribution is -0.125. The molecule has 0 radical (unpaired) electrons. The first-order valence-corrected chi connectivity index (χ1v) is 11.7. The third kappa shape index (κ3) is 4.44. The van der Waals surface area contributed by atoms with Gasteiger partial charge in [0.1, 0.15) is 6.33 Å². The number of aromatic carboxylic acids is 1. The van der Waals surface area contributed by atoms with Crippen LogP contribution in [-0.2, 0) is 4.79 Å². The van der Waals surface area contributed by atoms with Gasteiger partial charge in [-0.15, -0.1) is 0 Å². The van der Waals surface area contributed by atoms with Crippen molar-refractivity contribution >= 4 is 39.1 Å². The molecule has 0 aliphatic heterocycles. The van der Waals surface area contributed by atoms with Crippen molar-refractivity contribution in [1.29, 1.82) is 0 Å². The average molecular weight is 469 g/mol. The highest BCUT2D eigenvalue weighted by molar-refractivity contribution is 6.24. The maximum Gasteiger partial charge on any atom is 0.338 e. The molecule has 1 aliphatic rings. The van der Waals surface area contributed by atoms with Gasteiger partial charge >= 0.3 is 5.97 Å². The molecule has 1 aromatic heterocycles. The van der Waals surface area contributed by atoms with Crippen LogP contribution in [0, 0.1) is 17.8 Å². The molecule has 0 saturated heterocycles. The van der Waals surface area contributed by atoms with Gasteiger partial charge in [-0.05, 0) is 38.9 Å². The highest BCUT2D eigenvalue weighted by Crippen LogP contribution is 2.43. The monoisotopic (exact) mass is 468 g/mol.